The van der Waals surface area contributed by atoms with Crippen LogP contribution in [0.3, 0.4) is 0 Å². The number of hydrogen-bond donors (Lipinski definition) is 3. The first-order chi connectivity index (χ1) is 9.53. The van der Waals surface area contributed by atoms with E-state index >= 15 is 0 Å². The molecule has 21 heavy (non-hydrogen) atoms. The SMILES string of the molecule is CC1CC(O)C2(O)C3(C)COC(=O)CC12C(C)(O)C(=O)C3. The molecule has 0 aromatic rings. The number of aliphatic hydroxyl groups is 3. The van der Waals surface area contributed by atoms with Crippen molar-refractivity contribution in [3.05, 3.63) is 0 Å². The molecule has 2 bridgehead atoms. The van der Waals surface area contributed by atoms with Gasteiger partial charge in [-0.15, -0.1) is 0 Å². The maximum atomic E-state index is 12.5. The Morgan fingerprint density at radius 1 is 1.19 bits per heavy atom. The first-order valence-corrected chi connectivity index (χ1v) is 7.35. The number of cyclic esters (lactones) is 1. The van der Waals surface area contributed by atoms with E-state index in [-0.39, 0.29) is 31.8 Å². The quantitative estimate of drug-likeness (QED) is 0.534. The average molecular weight is 298 g/mol. The molecule has 2 aliphatic carbocycles. The first-order valence-electron chi connectivity index (χ1n) is 7.35. The van der Waals surface area contributed by atoms with Crippen molar-refractivity contribution in [2.45, 2.75) is 57.3 Å². The molecule has 3 aliphatic rings. The van der Waals surface area contributed by atoms with Crippen LogP contribution in [0.25, 0.3) is 0 Å². The number of rotatable bonds is 0. The standard InChI is InChI=1S/C15H22O6/c1-8-4-9(16)15(20)12(2)5-10(17)13(3,19)14(8,15)6-11(18)21-7-12/h8-9,16,19-20H,4-7H2,1-3H3. The van der Waals surface area contributed by atoms with Gasteiger partial charge in [-0.3, -0.25) is 9.59 Å². The summed E-state index contributed by atoms with van der Waals surface area (Å²) in [7, 11) is 0. The second kappa shape index (κ2) is 3.86. The smallest absolute Gasteiger partial charge is 0.306 e. The van der Waals surface area contributed by atoms with Gasteiger partial charge in [0.15, 0.2) is 5.78 Å². The van der Waals surface area contributed by atoms with Crippen LogP contribution in [0.2, 0.25) is 0 Å². The number of Topliss-reactive ketones (excluding diaryl/α,β-unsaturated/α-hetero) is 1. The van der Waals surface area contributed by atoms with Gasteiger partial charge in [0.1, 0.15) is 11.2 Å². The fourth-order valence-corrected chi connectivity index (χ4v) is 5.24. The lowest BCUT2D eigenvalue weighted by molar-refractivity contribution is -0.270. The number of carbonyl (C=O) groups excluding carboxylic acids is 2. The molecule has 2 saturated carbocycles. The zero-order chi connectivity index (χ0) is 15.8. The number of carbonyl (C=O) groups is 2. The summed E-state index contributed by atoms with van der Waals surface area (Å²) in [5.41, 5.74) is -6.12. The lowest BCUT2D eigenvalue weighted by Crippen LogP contribution is -2.75. The zero-order valence-corrected chi connectivity index (χ0v) is 12.5. The summed E-state index contributed by atoms with van der Waals surface area (Å²) in [6.07, 6.45) is -1.26. The largest absolute Gasteiger partial charge is 0.465 e. The molecule has 1 heterocycles. The molecule has 0 radical (unpaired) electrons. The molecule has 0 amide bonds. The highest BCUT2D eigenvalue weighted by Gasteiger charge is 2.81. The van der Waals surface area contributed by atoms with Crippen LogP contribution in [0.1, 0.15) is 40.0 Å². The maximum absolute atomic E-state index is 12.5. The van der Waals surface area contributed by atoms with E-state index in [4.69, 9.17) is 4.74 Å². The Morgan fingerprint density at radius 3 is 2.43 bits per heavy atom. The first kappa shape index (κ1) is 14.9. The van der Waals surface area contributed by atoms with E-state index in [1.54, 1.807) is 13.8 Å². The Labute approximate surface area is 123 Å². The third kappa shape index (κ3) is 1.34. The van der Waals surface area contributed by atoms with Crippen molar-refractivity contribution in [1.29, 1.82) is 0 Å². The highest BCUT2D eigenvalue weighted by Crippen LogP contribution is 2.69. The van der Waals surface area contributed by atoms with Gasteiger partial charge in [-0.25, -0.2) is 0 Å². The van der Waals surface area contributed by atoms with Crippen LogP contribution < -0.4 is 0 Å². The van der Waals surface area contributed by atoms with E-state index in [1.165, 1.54) is 6.92 Å². The minimum atomic E-state index is -1.87. The van der Waals surface area contributed by atoms with E-state index in [0.717, 1.165) is 0 Å². The molecule has 1 saturated heterocycles. The normalized spacial score (nSPS) is 56.7. The maximum Gasteiger partial charge on any atom is 0.306 e. The molecule has 3 fully saturated rings. The predicted octanol–water partition coefficient (Wildman–Crippen LogP) is -0.218. The van der Waals surface area contributed by atoms with Crippen molar-refractivity contribution in [3.63, 3.8) is 0 Å². The molecule has 118 valence electrons. The topological polar surface area (TPSA) is 104 Å². The molecule has 6 heteroatoms. The van der Waals surface area contributed by atoms with E-state index < -0.39 is 39.9 Å². The fourth-order valence-electron chi connectivity index (χ4n) is 5.24. The van der Waals surface area contributed by atoms with Crippen LogP contribution in [0.15, 0.2) is 0 Å². The van der Waals surface area contributed by atoms with Crippen LogP contribution >= 0.6 is 0 Å². The summed E-state index contributed by atoms with van der Waals surface area (Å²) in [5, 5.41) is 32.8. The molecule has 0 spiro atoms. The summed E-state index contributed by atoms with van der Waals surface area (Å²) >= 11 is 0. The number of esters is 1. The molecule has 6 unspecified atom stereocenters. The van der Waals surface area contributed by atoms with E-state index in [1.807, 2.05) is 0 Å². The third-order valence-electron chi connectivity index (χ3n) is 6.44. The van der Waals surface area contributed by atoms with Crippen LogP contribution in [0, 0.1) is 16.7 Å². The minimum Gasteiger partial charge on any atom is -0.465 e. The summed E-state index contributed by atoms with van der Waals surface area (Å²) < 4.78 is 5.18. The van der Waals surface area contributed by atoms with Crippen molar-refractivity contribution >= 4 is 11.8 Å². The Hall–Kier alpha value is -0.980. The van der Waals surface area contributed by atoms with Gasteiger partial charge in [-0.05, 0) is 19.3 Å². The van der Waals surface area contributed by atoms with Crippen molar-refractivity contribution < 1.29 is 29.6 Å². The monoisotopic (exact) mass is 298 g/mol. The number of ketones is 1. The van der Waals surface area contributed by atoms with Gasteiger partial charge < -0.3 is 20.1 Å². The minimum absolute atomic E-state index is 0.129. The van der Waals surface area contributed by atoms with Gasteiger partial charge in [0.2, 0.25) is 0 Å². The van der Waals surface area contributed by atoms with E-state index in [0.29, 0.717) is 0 Å². The molecule has 6 atom stereocenters. The van der Waals surface area contributed by atoms with Crippen molar-refractivity contribution in [2.24, 2.45) is 16.7 Å². The number of ether oxygens (including phenoxy) is 1. The Kier molecular flexibility index (Phi) is 2.74. The second-order valence-electron chi connectivity index (χ2n) is 7.46. The predicted molar refractivity (Wildman–Crippen MR) is 71.1 cm³/mol. The zero-order valence-electron chi connectivity index (χ0n) is 12.5. The highest BCUT2D eigenvalue weighted by molar-refractivity contribution is 5.92. The molecule has 1 aliphatic heterocycles. The van der Waals surface area contributed by atoms with E-state index in [2.05, 4.69) is 0 Å². The molecule has 3 N–H and O–H groups in total. The van der Waals surface area contributed by atoms with Gasteiger partial charge in [0.05, 0.1) is 24.5 Å². The highest BCUT2D eigenvalue weighted by atomic mass is 16.5. The lowest BCUT2D eigenvalue weighted by Gasteiger charge is -2.61. The van der Waals surface area contributed by atoms with E-state index in [9.17, 15) is 24.9 Å². The summed E-state index contributed by atoms with van der Waals surface area (Å²) in [6.45, 7) is 4.63. The Bertz CT molecular complexity index is 528. The average Bonchev–Trinajstić information content (AvgIpc) is 2.53. The molecular formula is C15H22O6. The molecule has 0 aromatic carbocycles. The van der Waals surface area contributed by atoms with Gasteiger partial charge in [-0.1, -0.05) is 13.8 Å². The third-order valence-corrected chi connectivity index (χ3v) is 6.44. The van der Waals surface area contributed by atoms with Crippen molar-refractivity contribution in [2.75, 3.05) is 6.61 Å². The second-order valence-corrected chi connectivity index (χ2v) is 7.46. The van der Waals surface area contributed by atoms with Gasteiger partial charge in [-0.2, -0.15) is 0 Å². The Balaban J connectivity index is 2.35. The summed E-state index contributed by atoms with van der Waals surface area (Å²) in [5.74, 6) is -1.34. The van der Waals surface area contributed by atoms with Crippen LogP contribution in [-0.4, -0.2) is 51.0 Å². The van der Waals surface area contributed by atoms with Crippen LogP contribution in [-0.2, 0) is 14.3 Å². The van der Waals surface area contributed by atoms with Crippen LogP contribution in [0.5, 0.6) is 0 Å². The Morgan fingerprint density at radius 2 is 1.81 bits per heavy atom. The molecule has 6 nitrogen and oxygen atoms in total. The van der Waals surface area contributed by atoms with Gasteiger partial charge in [0, 0.05) is 11.8 Å². The molecular weight excluding hydrogens is 276 g/mol. The lowest BCUT2D eigenvalue weighted by atomic mass is 9.45. The fraction of sp³-hybridized carbons (Fsp3) is 0.867. The number of hydrogen-bond acceptors (Lipinski definition) is 6. The molecule has 3 rings (SSSR count). The van der Waals surface area contributed by atoms with Gasteiger partial charge >= 0.3 is 5.97 Å². The van der Waals surface area contributed by atoms with Crippen molar-refractivity contribution in [3.8, 4) is 0 Å². The van der Waals surface area contributed by atoms with Gasteiger partial charge in [0.25, 0.3) is 0 Å². The summed E-state index contributed by atoms with van der Waals surface area (Å²) in [4.78, 5) is 24.6. The summed E-state index contributed by atoms with van der Waals surface area (Å²) in [6, 6.07) is 0. The molecule has 0 aromatic heterocycles. The number of aliphatic hydroxyl groups excluding tert-OH is 1. The van der Waals surface area contributed by atoms with Crippen LogP contribution in [0.4, 0.5) is 0 Å². The van der Waals surface area contributed by atoms with Crippen molar-refractivity contribution in [1.82, 2.24) is 0 Å².